The Morgan fingerprint density at radius 3 is 2.25 bits per heavy atom. The Kier molecular flexibility index (Phi) is 11.7. The van der Waals surface area contributed by atoms with Gasteiger partial charge in [0.1, 0.15) is 0 Å². The van der Waals surface area contributed by atoms with Crippen molar-refractivity contribution in [2.75, 3.05) is 0 Å². The van der Waals surface area contributed by atoms with E-state index in [1.165, 1.54) is 9.96 Å². The van der Waals surface area contributed by atoms with Crippen molar-refractivity contribution in [3.8, 4) is 39.6 Å². The maximum Gasteiger partial charge on any atom is 0 e. The van der Waals surface area contributed by atoms with Crippen LogP contribution >= 0.6 is 0 Å². The third kappa shape index (κ3) is 8.43. The zero-order chi connectivity index (χ0) is 39.0. The number of aryl methyl sites for hydroxylation is 2. The molecule has 0 N–H and O–H groups in total. The predicted molar refractivity (Wildman–Crippen MR) is 233 cm³/mol. The van der Waals surface area contributed by atoms with Gasteiger partial charge in [0, 0.05) is 37.1 Å². The Morgan fingerprint density at radius 2 is 1.49 bits per heavy atom. The van der Waals surface area contributed by atoms with E-state index in [1.54, 1.807) is 0 Å². The molecule has 5 heterocycles. The number of hydrogen-bond donors (Lipinski definition) is 0. The van der Waals surface area contributed by atoms with Crippen LogP contribution in [0.2, 0.25) is 17.3 Å². The first-order valence-corrected chi connectivity index (χ1v) is 26.6. The Balaban J connectivity index is 0.000000171. The summed E-state index contributed by atoms with van der Waals surface area (Å²) < 4.78 is 9.86. The second-order valence-electron chi connectivity index (χ2n) is 15.8. The van der Waals surface area contributed by atoms with Crippen molar-refractivity contribution in [2.24, 2.45) is 5.92 Å². The van der Waals surface area contributed by atoms with E-state index in [0.29, 0.717) is 11.6 Å². The summed E-state index contributed by atoms with van der Waals surface area (Å²) >= 11 is -1.99. The molecule has 0 fully saturated rings. The molecule has 9 aromatic rings. The van der Waals surface area contributed by atoms with Gasteiger partial charge in [-0.25, -0.2) is 0 Å². The van der Waals surface area contributed by atoms with Gasteiger partial charge in [0.2, 0.25) is 0 Å². The van der Waals surface area contributed by atoms with Crippen LogP contribution < -0.4 is 4.40 Å². The Hall–Kier alpha value is -5.21. The molecule has 0 saturated heterocycles. The third-order valence-corrected chi connectivity index (χ3v) is 14.2. The second-order valence-corrected chi connectivity index (χ2v) is 26.4. The van der Waals surface area contributed by atoms with Crippen LogP contribution in [-0.2, 0) is 26.5 Å². The van der Waals surface area contributed by atoms with E-state index in [4.69, 9.17) is 19.4 Å². The molecule has 287 valence electrons. The van der Waals surface area contributed by atoms with E-state index in [9.17, 15) is 0 Å². The number of pyridine rings is 3. The fourth-order valence-corrected chi connectivity index (χ4v) is 10.7. The van der Waals surface area contributed by atoms with Crippen molar-refractivity contribution >= 4 is 50.8 Å². The molecule has 9 rings (SSSR count). The number of imidazole rings is 1. The summed E-state index contributed by atoms with van der Waals surface area (Å²) in [5.74, 6) is 8.78. The van der Waals surface area contributed by atoms with Gasteiger partial charge in [-0.15, -0.1) is 35.9 Å². The van der Waals surface area contributed by atoms with Crippen LogP contribution in [0.5, 0.6) is 0 Å². The molecule has 0 bridgehead atoms. The predicted octanol–water partition coefficient (Wildman–Crippen LogP) is 11.8. The molecular formula is C49H45GeIrN5O-2. The Bertz CT molecular complexity index is 2820. The molecule has 0 aliphatic heterocycles. The van der Waals surface area contributed by atoms with Gasteiger partial charge >= 0.3 is 170 Å². The van der Waals surface area contributed by atoms with Gasteiger partial charge in [-0.3, -0.25) is 9.97 Å². The first kappa shape index (κ1) is 40.0. The summed E-state index contributed by atoms with van der Waals surface area (Å²) in [5.41, 5.74) is 12.8. The van der Waals surface area contributed by atoms with E-state index in [0.717, 1.165) is 84.8 Å². The van der Waals surface area contributed by atoms with Crippen molar-refractivity contribution in [3.05, 3.63) is 157 Å². The minimum atomic E-state index is -1.99. The van der Waals surface area contributed by atoms with Gasteiger partial charge in [0.05, 0.1) is 22.6 Å². The number of rotatable bonds is 7. The van der Waals surface area contributed by atoms with Crippen LogP contribution in [0.25, 0.3) is 72.7 Å². The maximum absolute atomic E-state index is 6.17. The molecule has 0 unspecified atom stereocenters. The smallest absolute Gasteiger partial charge is 0 e. The van der Waals surface area contributed by atoms with Crippen molar-refractivity contribution in [1.82, 2.24) is 24.5 Å². The van der Waals surface area contributed by atoms with Gasteiger partial charge in [-0.1, -0.05) is 42.5 Å². The Labute approximate surface area is 351 Å². The van der Waals surface area contributed by atoms with Gasteiger partial charge in [-0.2, -0.15) is 0 Å². The first-order chi connectivity index (χ1) is 27.0. The molecule has 0 atom stereocenters. The third-order valence-electron chi connectivity index (χ3n) is 9.90. The zero-order valence-corrected chi connectivity index (χ0v) is 37.9. The van der Waals surface area contributed by atoms with Crippen LogP contribution in [-0.4, -0.2) is 37.8 Å². The summed E-state index contributed by atoms with van der Waals surface area (Å²) in [4.78, 5) is 19.1. The monoisotopic (exact) mass is 986 g/mol. The number of furan rings is 1. The summed E-state index contributed by atoms with van der Waals surface area (Å²) in [7, 11) is 0. The molecule has 6 nitrogen and oxygen atoms in total. The van der Waals surface area contributed by atoms with Gasteiger partial charge < -0.3 is 4.57 Å². The molecule has 1 radical (unpaired) electrons. The standard InChI is InChI=1S/C25H18N3.C24H27GeN2O.Ir/c1-18-16-21(17-23(26-18)19-10-4-2-5-11-19)28-24-15-9-8-14-22(24)27-25(28)20-12-6-3-7-13-20;1-15(2)12-17-13-22(26-14-21(17)25(4,5)6)20-9-7-8-18-19-11-10-16(3)27-24(19)28-23(18)20;/h2-12,14-17H,1H3;7-8,10-11,13-15H,12H2,1-6H3;/q2*-1;. The number of aromatic nitrogens is 5. The Morgan fingerprint density at radius 1 is 0.719 bits per heavy atom. The molecule has 57 heavy (non-hydrogen) atoms. The second kappa shape index (κ2) is 16.7. The molecule has 0 aliphatic carbocycles. The largest absolute Gasteiger partial charge is 0 e. The number of benzene rings is 4. The SMILES string of the molecule is Cc1cc(-n2c(-c3[c-]cccc3)nc3ccccc32)cc(-c2ccccc2)n1.Cc1ccc2c(n1)oc1c(-c3cc(CC(C)C)[c]([Ge]([CH3])([CH3])[CH3])cn3)[c-]ccc12.[Ir]. The fourth-order valence-electron chi connectivity index (χ4n) is 7.36. The fraction of sp³-hybridized carbons (Fsp3) is 0.184. The summed E-state index contributed by atoms with van der Waals surface area (Å²) in [5, 5.41) is 2.11. The first-order valence-electron chi connectivity index (χ1n) is 19.2. The van der Waals surface area contributed by atoms with E-state index >= 15 is 0 Å². The summed E-state index contributed by atoms with van der Waals surface area (Å²) in [6, 6.07) is 47.8. The summed E-state index contributed by atoms with van der Waals surface area (Å²) in [6.07, 6.45) is 3.19. The molecule has 0 amide bonds. The average molecular weight is 985 g/mol. The van der Waals surface area contributed by atoms with E-state index in [1.807, 2.05) is 86.6 Å². The van der Waals surface area contributed by atoms with E-state index in [2.05, 4.69) is 108 Å². The average Bonchev–Trinajstić information content (AvgIpc) is 3.76. The van der Waals surface area contributed by atoms with Crippen LogP contribution in [0, 0.1) is 31.9 Å². The quantitative estimate of drug-likeness (QED) is 0.118. The normalized spacial score (nSPS) is 11.5. The number of para-hydroxylation sites is 2. The zero-order valence-electron chi connectivity index (χ0n) is 33.4. The van der Waals surface area contributed by atoms with Crippen molar-refractivity contribution < 1.29 is 24.5 Å². The number of fused-ring (bicyclic) bond motifs is 4. The van der Waals surface area contributed by atoms with Gasteiger partial charge in [-0.05, 0) is 31.2 Å². The van der Waals surface area contributed by atoms with Crippen LogP contribution in [0.4, 0.5) is 0 Å². The minimum absolute atomic E-state index is 0. The number of hydrogen-bond acceptors (Lipinski definition) is 5. The molecule has 8 heteroatoms. The van der Waals surface area contributed by atoms with Crippen molar-refractivity contribution in [2.45, 2.75) is 51.4 Å². The van der Waals surface area contributed by atoms with Crippen LogP contribution in [0.1, 0.15) is 30.8 Å². The molecular weight excluding hydrogens is 939 g/mol. The van der Waals surface area contributed by atoms with Gasteiger partial charge in [0.15, 0.2) is 0 Å². The topological polar surface area (TPSA) is 69.6 Å². The molecule has 0 aliphatic rings. The summed E-state index contributed by atoms with van der Waals surface area (Å²) in [6.45, 7) is 8.57. The van der Waals surface area contributed by atoms with Crippen molar-refractivity contribution in [3.63, 3.8) is 0 Å². The van der Waals surface area contributed by atoms with Crippen LogP contribution in [0.3, 0.4) is 0 Å². The molecule has 5 aromatic heterocycles. The van der Waals surface area contributed by atoms with E-state index in [-0.39, 0.29) is 20.1 Å². The van der Waals surface area contributed by atoms with Crippen molar-refractivity contribution in [1.29, 1.82) is 0 Å². The molecule has 4 aromatic carbocycles. The van der Waals surface area contributed by atoms with Crippen LogP contribution in [0.15, 0.2) is 132 Å². The molecule has 0 spiro atoms. The minimum Gasteiger partial charge on any atom is 0 e. The van der Waals surface area contributed by atoms with E-state index < -0.39 is 13.3 Å². The number of nitrogens with zero attached hydrogens (tertiary/aromatic N) is 5. The van der Waals surface area contributed by atoms with Gasteiger partial charge in [0.25, 0.3) is 0 Å². The molecule has 0 saturated carbocycles. The maximum atomic E-state index is 6.17.